The van der Waals surface area contributed by atoms with E-state index in [1.54, 1.807) is 6.92 Å². The van der Waals surface area contributed by atoms with E-state index in [1.165, 1.54) is 18.9 Å². The number of ether oxygens (including phenoxy) is 1. The summed E-state index contributed by atoms with van der Waals surface area (Å²) in [7, 11) is 1.50. The number of hydrogen-bond acceptors (Lipinski definition) is 10. The largest absolute Gasteiger partial charge is 0.464 e. The van der Waals surface area contributed by atoms with Crippen LogP contribution in [-0.2, 0) is 28.7 Å². The first-order chi connectivity index (χ1) is 20.5. The lowest BCUT2D eigenvalue weighted by Gasteiger charge is -2.38. The average molecular weight is 635 g/mol. The molecular weight excluding hydrogens is 586 g/mol. The first kappa shape index (κ1) is 37.2. The second-order valence-electron chi connectivity index (χ2n) is 12.3. The zero-order chi connectivity index (χ0) is 33.4. The number of likely N-dealkylation sites (N-methyl/N-ethyl adjacent to an activating group) is 1. The van der Waals surface area contributed by atoms with Crippen molar-refractivity contribution in [3.8, 4) is 0 Å². The van der Waals surface area contributed by atoms with Crippen molar-refractivity contribution in [3.05, 3.63) is 0 Å². The van der Waals surface area contributed by atoms with E-state index >= 15 is 0 Å². The number of amides is 4. The van der Waals surface area contributed by atoms with Crippen LogP contribution >= 0.6 is 0 Å². The normalized spacial score (nSPS) is 31.8. The van der Waals surface area contributed by atoms with Crippen molar-refractivity contribution in [1.82, 2.24) is 26.2 Å². The summed E-state index contributed by atoms with van der Waals surface area (Å²) in [6.07, 6.45) is -3.59. The van der Waals surface area contributed by atoms with Gasteiger partial charge in [0.2, 0.25) is 29.6 Å². The number of aliphatic hydroxyl groups excluding tert-OH is 2. The molecule has 2 fully saturated rings. The molecule has 2 rings (SSSR count). The number of hydrogen-bond donors (Lipinski definition) is 7. The first-order valence-corrected chi connectivity index (χ1v) is 15.0. The fourth-order valence-electron chi connectivity index (χ4n) is 5.32. The van der Waals surface area contributed by atoms with Crippen molar-refractivity contribution >= 4 is 29.6 Å². The summed E-state index contributed by atoms with van der Waals surface area (Å²) >= 11 is 0. The van der Waals surface area contributed by atoms with E-state index in [0.29, 0.717) is 0 Å². The van der Waals surface area contributed by atoms with Crippen LogP contribution in [-0.4, -0.2) is 114 Å². The van der Waals surface area contributed by atoms with Gasteiger partial charge in [-0.15, -0.1) is 0 Å². The number of alkyl halides is 2. The molecule has 16 heteroatoms. The van der Waals surface area contributed by atoms with Crippen LogP contribution in [0.4, 0.5) is 8.78 Å². The monoisotopic (exact) mass is 634 g/mol. The van der Waals surface area contributed by atoms with Gasteiger partial charge in [0, 0.05) is 25.3 Å². The van der Waals surface area contributed by atoms with Crippen molar-refractivity contribution in [2.24, 2.45) is 23.5 Å². The van der Waals surface area contributed by atoms with Gasteiger partial charge in [-0.3, -0.25) is 28.9 Å². The molecule has 0 aromatic rings. The number of nitrogens with zero attached hydrogens (tertiary/aromatic N) is 1. The number of nitrogens with one attached hydrogen (secondary N) is 4. The van der Waals surface area contributed by atoms with E-state index in [2.05, 4.69) is 21.3 Å². The first-order valence-electron chi connectivity index (χ1n) is 15.0. The zero-order valence-electron chi connectivity index (χ0n) is 26.0. The number of esters is 1. The highest BCUT2D eigenvalue weighted by molar-refractivity contribution is 5.95. The van der Waals surface area contributed by atoms with E-state index in [1.807, 2.05) is 13.8 Å². The number of rotatable bonds is 5. The van der Waals surface area contributed by atoms with E-state index in [4.69, 9.17) is 10.5 Å². The standard InChI is InChI=1S/C28H48F2N6O8/c1-14(2)10-19-24(40)35-22(17-6-8-28(29,30)9-7-17)26(42)33-18(11-31)23(39)34-21(16(4)37)25(41)32-12-20(38)44-13-15(3)27(43)36(19)5/h14-19,21-22,27,37,43H,6-13,31H2,1-5H3,(H,32,41)(H,33,42)(H,34,39)(H,35,40)/t15-,16+,18+,19+,21+,22?,27?/m1/s1. The highest BCUT2D eigenvalue weighted by Crippen LogP contribution is 2.37. The molecule has 1 saturated heterocycles. The second kappa shape index (κ2) is 16.4. The van der Waals surface area contributed by atoms with Crippen LogP contribution in [0.3, 0.4) is 0 Å². The number of aliphatic hydroxyl groups is 2. The van der Waals surface area contributed by atoms with Gasteiger partial charge in [-0.25, -0.2) is 8.78 Å². The van der Waals surface area contributed by atoms with Crippen LogP contribution in [0.25, 0.3) is 0 Å². The van der Waals surface area contributed by atoms with Gasteiger partial charge < -0.3 is 42.0 Å². The minimum Gasteiger partial charge on any atom is -0.464 e. The van der Waals surface area contributed by atoms with E-state index in [-0.39, 0.29) is 31.8 Å². The predicted molar refractivity (Wildman–Crippen MR) is 154 cm³/mol. The Labute approximate surface area is 256 Å². The Hall–Kier alpha value is -2.95. The molecule has 8 N–H and O–H groups in total. The maximum absolute atomic E-state index is 14.0. The molecule has 2 unspecified atom stereocenters. The Morgan fingerprint density at radius 2 is 1.61 bits per heavy atom. The van der Waals surface area contributed by atoms with Crippen molar-refractivity contribution in [2.75, 3.05) is 26.7 Å². The molecule has 7 atom stereocenters. The van der Waals surface area contributed by atoms with Gasteiger partial charge in [0.25, 0.3) is 0 Å². The van der Waals surface area contributed by atoms with Gasteiger partial charge in [-0.05, 0) is 45.1 Å². The molecule has 252 valence electrons. The van der Waals surface area contributed by atoms with Gasteiger partial charge in [0.05, 0.1) is 18.8 Å². The molecule has 4 amide bonds. The molecule has 1 aliphatic heterocycles. The SMILES string of the molecule is CC(C)C[C@H]1C(=O)NC(C2CCC(F)(F)CC2)C(=O)N[C@@H](CN)C(=O)N[C@@H]([C@H](C)O)C(=O)NCC(=O)OC[C@@H](C)C(O)N1C. The quantitative estimate of drug-likeness (QED) is 0.175. The summed E-state index contributed by atoms with van der Waals surface area (Å²) in [5.41, 5.74) is 5.76. The Morgan fingerprint density at radius 1 is 1.00 bits per heavy atom. The van der Waals surface area contributed by atoms with Gasteiger partial charge in [-0.2, -0.15) is 0 Å². The molecule has 2 aliphatic rings. The van der Waals surface area contributed by atoms with Crippen molar-refractivity contribution in [2.45, 2.75) is 102 Å². The summed E-state index contributed by atoms with van der Waals surface area (Å²) in [6, 6.07) is -5.25. The lowest BCUT2D eigenvalue weighted by molar-refractivity contribution is -0.150. The lowest BCUT2D eigenvalue weighted by atomic mass is 9.81. The highest BCUT2D eigenvalue weighted by Gasteiger charge is 2.42. The summed E-state index contributed by atoms with van der Waals surface area (Å²) in [5, 5.41) is 30.9. The Kier molecular flexibility index (Phi) is 13.9. The smallest absolute Gasteiger partial charge is 0.325 e. The van der Waals surface area contributed by atoms with Crippen LogP contribution in [0.2, 0.25) is 0 Å². The summed E-state index contributed by atoms with van der Waals surface area (Å²) in [6.45, 7) is 5.22. The third kappa shape index (κ3) is 10.6. The van der Waals surface area contributed by atoms with Gasteiger partial charge in [-0.1, -0.05) is 20.8 Å². The molecular formula is C28H48F2N6O8. The molecule has 44 heavy (non-hydrogen) atoms. The molecule has 0 radical (unpaired) electrons. The number of halogens is 2. The molecule has 14 nitrogen and oxygen atoms in total. The third-order valence-corrected chi connectivity index (χ3v) is 8.07. The maximum Gasteiger partial charge on any atom is 0.325 e. The molecule has 0 spiro atoms. The van der Waals surface area contributed by atoms with Crippen LogP contribution < -0.4 is 27.0 Å². The summed E-state index contributed by atoms with van der Waals surface area (Å²) in [5.74, 6) is -8.51. The van der Waals surface area contributed by atoms with E-state index < -0.39 is 110 Å². The van der Waals surface area contributed by atoms with Crippen molar-refractivity contribution in [1.29, 1.82) is 0 Å². The van der Waals surface area contributed by atoms with E-state index in [9.17, 15) is 43.0 Å². The maximum atomic E-state index is 14.0. The van der Waals surface area contributed by atoms with Crippen LogP contribution in [0.5, 0.6) is 0 Å². The van der Waals surface area contributed by atoms with Crippen LogP contribution in [0.1, 0.15) is 59.8 Å². The van der Waals surface area contributed by atoms with Gasteiger partial charge in [0.1, 0.15) is 30.9 Å². The van der Waals surface area contributed by atoms with E-state index in [0.717, 1.165) is 0 Å². The number of cyclic esters (lactones) is 1. The molecule has 1 heterocycles. The molecule has 1 aliphatic carbocycles. The fourth-order valence-corrected chi connectivity index (χ4v) is 5.32. The average Bonchev–Trinajstić information content (AvgIpc) is 2.95. The zero-order valence-corrected chi connectivity index (χ0v) is 26.0. The Morgan fingerprint density at radius 3 is 2.16 bits per heavy atom. The molecule has 0 aromatic heterocycles. The number of nitrogens with two attached hydrogens (primary N) is 1. The Bertz CT molecular complexity index is 1020. The minimum atomic E-state index is -2.91. The molecule has 1 saturated carbocycles. The number of carbonyl (C=O) groups is 5. The van der Waals surface area contributed by atoms with Crippen LogP contribution in [0.15, 0.2) is 0 Å². The lowest BCUT2D eigenvalue weighted by Crippen LogP contribution is -2.62. The van der Waals surface area contributed by atoms with Crippen molar-refractivity contribution < 1.29 is 47.7 Å². The van der Waals surface area contributed by atoms with Crippen molar-refractivity contribution in [3.63, 3.8) is 0 Å². The second-order valence-corrected chi connectivity index (χ2v) is 12.3. The highest BCUT2D eigenvalue weighted by atomic mass is 19.3. The summed E-state index contributed by atoms with van der Waals surface area (Å²) < 4.78 is 33.2. The topological polar surface area (TPSA) is 212 Å². The van der Waals surface area contributed by atoms with Gasteiger partial charge >= 0.3 is 5.97 Å². The predicted octanol–water partition coefficient (Wildman–Crippen LogP) is -1.42. The third-order valence-electron chi connectivity index (χ3n) is 8.07. The van der Waals surface area contributed by atoms with Gasteiger partial charge in [0.15, 0.2) is 0 Å². The summed E-state index contributed by atoms with van der Waals surface area (Å²) in [4.78, 5) is 66.8. The number of carbonyl (C=O) groups excluding carboxylic acids is 5. The molecule has 0 bridgehead atoms. The molecule has 0 aromatic carbocycles. The Balaban J connectivity index is 2.49. The minimum absolute atomic E-state index is 0.0356. The fraction of sp³-hybridized carbons (Fsp3) is 0.821. The van der Waals surface area contributed by atoms with Crippen LogP contribution in [0, 0.1) is 17.8 Å².